The van der Waals surface area contributed by atoms with E-state index >= 15 is 0 Å². The van der Waals surface area contributed by atoms with E-state index in [0.29, 0.717) is 65.3 Å². The van der Waals surface area contributed by atoms with Gasteiger partial charge in [-0.15, -0.1) is 0 Å². The van der Waals surface area contributed by atoms with Crippen LogP contribution in [0.25, 0.3) is 0 Å². The van der Waals surface area contributed by atoms with Crippen LogP contribution in [0.2, 0.25) is 0 Å². The van der Waals surface area contributed by atoms with Gasteiger partial charge >= 0.3 is 5.97 Å². The number of fused-ring (bicyclic) bond motifs is 5. The van der Waals surface area contributed by atoms with E-state index in [4.69, 9.17) is 10.5 Å². The summed E-state index contributed by atoms with van der Waals surface area (Å²) in [5.74, 6) is 3.49. The summed E-state index contributed by atoms with van der Waals surface area (Å²) in [6.07, 6.45) is 11.1. The van der Waals surface area contributed by atoms with E-state index in [0.717, 1.165) is 19.4 Å². The highest BCUT2D eigenvalue weighted by molar-refractivity contribution is 5.69. The molecule has 0 saturated heterocycles. The molecule has 32 heavy (non-hydrogen) atoms. The highest BCUT2D eigenvalue weighted by Crippen LogP contribution is 2.68. The van der Waals surface area contributed by atoms with Gasteiger partial charge in [-0.3, -0.25) is 4.79 Å². The molecule has 5 unspecified atom stereocenters. The van der Waals surface area contributed by atoms with Crippen LogP contribution < -0.4 is 11.1 Å². The van der Waals surface area contributed by atoms with Crippen LogP contribution >= 0.6 is 0 Å². The Kier molecular flexibility index (Phi) is 7.30. The Bertz CT molecular complexity index is 671. The van der Waals surface area contributed by atoms with Gasteiger partial charge in [0, 0.05) is 25.6 Å². The highest BCUT2D eigenvalue weighted by Gasteiger charge is 2.62. The Balaban J connectivity index is 1.48. The molecular formula is C27H48N2O3. The molecule has 5 nitrogen and oxygen atoms in total. The summed E-state index contributed by atoms with van der Waals surface area (Å²) in [7, 11) is 1.49. The average molecular weight is 449 g/mol. The second kappa shape index (κ2) is 9.54. The molecule has 184 valence electrons. The molecule has 4 N–H and O–H groups in total. The van der Waals surface area contributed by atoms with Gasteiger partial charge in [-0.2, -0.15) is 0 Å². The Morgan fingerprint density at radius 2 is 1.84 bits per heavy atom. The summed E-state index contributed by atoms with van der Waals surface area (Å²) in [6, 6.07) is 0.570. The normalized spacial score (nSPS) is 46.6. The standard InChI is InChI=1S/C27H48N2O3/c1-17(5-8-24(31)32-4)20-6-7-21-25-22(10-12-27(20,21)3)26(2)11-9-19(29-14-13-28)15-18(26)16-23(25)30/h17-23,25,29-30H,5-16,28H2,1-4H3/t17?,18-,19?,20+,21?,22?,23+,25?,26-,27+/m0/s1. The van der Waals surface area contributed by atoms with Gasteiger partial charge in [0.05, 0.1) is 13.2 Å². The van der Waals surface area contributed by atoms with Crippen molar-refractivity contribution in [3.8, 4) is 0 Å². The number of nitrogens with one attached hydrogen (secondary N) is 1. The molecule has 0 spiro atoms. The average Bonchev–Trinajstić information content (AvgIpc) is 3.13. The maximum atomic E-state index is 11.7. The second-order valence-corrected chi connectivity index (χ2v) is 12.3. The molecule has 0 bridgehead atoms. The Morgan fingerprint density at radius 3 is 2.56 bits per heavy atom. The molecule has 0 aromatic carbocycles. The lowest BCUT2D eigenvalue weighted by Gasteiger charge is -2.62. The summed E-state index contributed by atoms with van der Waals surface area (Å²) in [5.41, 5.74) is 6.40. The van der Waals surface area contributed by atoms with E-state index in [-0.39, 0.29) is 12.1 Å². The van der Waals surface area contributed by atoms with Gasteiger partial charge in [0.15, 0.2) is 0 Å². The van der Waals surface area contributed by atoms with Gasteiger partial charge in [-0.05, 0) is 104 Å². The van der Waals surface area contributed by atoms with Crippen LogP contribution in [0.4, 0.5) is 0 Å². The summed E-state index contributed by atoms with van der Waals surface area (Å²) in [5, 5.41) is 15.2. The first-order chi connectivity index (χ1) is 15.2. The molecule has 0 aliphatic heterocycles. The maximum Gasteiger partial charge on any atom is 0.305 e. The first-order valence-corrected chi connectivity index (χ1v) is 13.4. The van der Waals surface area contributed by atoms with E-state index in [1.807, 2.05) is 0 Å². The van der Waals surface area contributed by atoms with Crippen molar-refractivity contribution >= 4 is 5.97 Å². The zero-order chi connectivity index (χ0) is 23.1. The van der Waals surface area contributed by atoms with Crippen molar-refractivity contribution in [1.82, 2.24) is 5.32 Å². The smallest absolute Gasteiger partial charge is 0.305 e. The van der Waals surface area contributed by atoms with Crippen LogP contribution in [-0.2, 0) is 9.53 Å². The van der Waals surface area contributed by atoms with Crippen LogP contribution in [0.5, 0.6) is 0 Å². The van der Waals surface area contributed by atoms with Crippen molar-refractivity contribution < 1.29 is 14.6 Å². The van der Waals surface area contributed by atoms with Gasteiger partial charge in [0.2, 0.25) is 0 Å². The molecule has 0 radical (unpaired) electrons. The minimum atomic E-state index is -0.153. The minimum absolute atomic E-state index is 0.0847. The van der Waals surface area contributed by atoms with Crippen molar-refractivity contribution in [2.24, 2.45) is 52.1 Å². The van der Waals surface area contributed by atoms with Gasteiger partial charge in [-0.25, -0.2) is 0 Å². The summed E-state index contributed by atoms with van der Waals surface area (Å²) >= 11 is 0. The first kappa shape index (κ1) is 24.5. The summed E-state index contributed by atoms with van der Waals surface area (Å²) in [6.45, 7) is 9.03. The van der Waals surface area contributed by atoms with Crippen LogP contribution in [-0.4, -0.2) is 43.4 Å². The van der Waals surface area contributed by atoms with Gasteiger partial charge < -0.3 is 20.9 Å². The number of methoxy groups -OCH3 is 1. The number of carbonyl (C=O) groups is 1. The van der Waals surface area contributed by atoms with E-state index in [2.05, 4.69) is 26.1 Å². The van der Waals surface area contributed by atoms with Gasteiger partial charge in [-0.1, -0.05) is 20.8 Å². The fraction of sp³-hybridized carbons (Fsp3) is 0.963. The molecule has 10 atom stereocenters. The monoisotopic (exact) mass is 448 g/mol. The predicted molar refractivity (Wildman–Crippen MR) is 128 cm³/mol. The zero-order valence-corrected chi connectivity index (χ0v) is 20.9. The van der Waals surface area contributed by atoms with E-state index in [1.54, 1.807) is 0 Å². The molecule has 5 heteroatoms. The van der Waals surface area contributed by atoms with Crippen molar-refractivity contribution in [3.63, 3.8) is 0 Å². The van der Waals surface area contributed by atoms with Crippen LogP contribution in [0.1, 0.15) is 85.0 Å². The third-order valence-electron chi connectivity index (χ3n) is 11.1. The minimum Gasteiger partial charge on any atom is -0.469 e. The molecule has 4 fully saturated rings. The molecule has 0 aromatic rings. The molecule has 0 aromatic heterocycles. The van der Waals surface area contributed by atoms with Gasteiger partial charge in [0.25, 0.3) is 0 Å². The SMILES string of the molecule is COC(=O)CCC(C)[C@H]1CCC2C3C(CC[C@@]21C)[C@@]1(C)CCC(NCCN)C[C@H]1C[C@H]3O. The van der Waals surface area contributed by atoms with Crippen LogP contribution in [0.3, 0.4) is 0 Å². The fourth-order valence-electron chi connectivity index (χ4n) is 9.32. The number of aliphatic hydroxyl groups is 1. The van der Waals surface area contributed by atoms with Crippen molar-refractivity contribution in [1.29, 1.82) is 0 Å². The predicted octanol–water partition coefficient (Wildman–Crippen LogP) is 4.12. The van der Waals surface area contributed by atoms with Crippen LogP contribution in [0, 0.1) is 46.3 Å². The quantitative estimate of drug-likeness (QED) is 0.510. The van der Waals surface area contributed by atoms with Crippen molar-refractivity contribution in [2.45, 2.75) is 97.1 Å². The topological polar surface area (TPSA) is 84.6 Å². The summed E-state index contributed by atoms with van der Waals surface area (Å²) < 4.78 is 4.89. The number of nitrogens with two attached hydrogens (primary N) is 1. The van der Waals surface area contributed by atoms with E-state index in [1.165, 1.54) is 52.1 Å². The maximum absolute atomic E-state index is 11.7. The van der Waals surface area contributed by atoms with Crippen molar-refractivity contribution in [2.75, 3.05) is 20.2 Å². The third-order valence-corrected chi connectivity index (χ3v) is 11.1. The molecular weight excluding hydrogens is 400 g/mol. The number of carbonyl (C=O) groups excluding carboxylic acids is 1. The molecule has 4 rings (SSSR count). The van der Waals surface area contributed by atoms with Crippen LogP contribution in [0.15, 0.2) is 0 Å². The number of hydrogen-bond acceptors (Lipinski definition) is 5. The van der Waals surface area contributed by atoms with Crippen molar-refractivity contribution in [3.05, 3.63) is 0 Å². The summed E-state index contributed by atoms with van der Waals surface area (Å²) in [4.78, 5) is 11.7. The largest absolute Gasteiger partial charge is 0.469 e. The van der Waals surface area contributed by atoms with Gasteiger partial charge in [0.1, 0.15) is 0 Å². The molecule has 0 heterocycles. The lowest BCUT2D eigenvalue weighted by atomic mass is 9.43. The zero-order valence-electron chi connectivity index (χ0n) is 20.9. The lowest BCUT2D eigenvalue weighted by molar-refractivity contribution is -0.167. The Morgan fingerprint density at radius 1 is 1.12 bits per heavy atom. The second-order valence-electron chi connectivity index (χ2n) is 12.3. The Labute approximate surface area is 195 Å². The molecule has 4 saturated carbocycles. The number of aliphatic hydroxyl groups excluding tert-OH is 1. The number of rotatable bonds is 7. The van der Waals surface area contributed by atoms with E-state index in [9.17, 15) is 9.90 Å². The lowest BCUT2D eigenvalue weighted by Crippen LogP contribution is -2.59. The first-order valence-electron chi connectivity index (χ1n) is 13.4. The molecule has 4 aliphatic carbocycles. The number of esters is 1. The highest BCUT2D eigenvalue weighted by atomic mass is 16.5. The number of hydrogen-bond donors (Lipinski definition) is 3. The van der Waals surface area contributed by atoms with E-state index < -0.39 is 0 Å². The molecule has 0 amide bonds. The molecule has 4 aliphatic rings. The Hall–Kier alpha value is -0.650. The fourth-order valence-corrected chi connectivity index (χ4v) is 9.32. The number of ether oxygens (including phenoxy) is 1. The third kappa shape index (κ3) is 4.15.